The van der Waals surface area contributed by atoms with E-state index < -0.39 is 11.7 Å². The lowest BCUT2D eigenvalue weighted by Crippen LogP contribution is -2.21. The van der Waals surface area contributed by atoms with Gasteiger partial charge in [-0.2, -0.15) is 0 Å². The number of ether oxygens (including phenoxy) is 1. The first-order valence-corrected chi connectivity index (χ1v) is 6.96. The van der Waals surface area contributed by atoms with Crippen molar-refractivity contribution in [2.45, 2.75) is 6.92 Å². The van der Waals surface area contributed by atoms with Crippen molar-refractivity contribution < 1.29 is 19.4 Å². The number of amides is 1. The molecule has 0 spiro atoms. The lowest BCUT2D eigenvalue weighted by atomic mass is 10.1. The molecule has 1 amide bonds. The molecule has 0 aliphatic rings. The van der Waals surface area contributed by atoms with Gasteiger partial charge in [0.05, 0.1) is 7.11 Å². The predicted molar refractivity (Wildman–Crippen MR) is 88.4 cm³/mol. The number of carbonyl (C=O) groups is 2. The van der Waals surface area contributed by atoms with Crippen LogP contribution in [0.4, 0.5) is 5.69 Å². The van der Waals surface area contributed by atoms with E-state index in [0.29, 0.717) is 17.0 Å². The van der Waals surface area contributed by atoms with E-state index in [2.05, 4.69) is 5.32 Å². The SMILES string of the molecule is COc1cccc(C(O)=CC(=O)C(=O)Nc2ccc(C)cc2)c1. The van der Waals surface area contributed by atoms with E-state index in [9.17, 15) is 14.7 Å². The van der Waals surface area contributed by atoms with Gasteiger partial charge in [-0.15, -0.1) is 0 Å². The van der Waals surface area contributed by atoms with Crippen molar-refractivity contribution in [3.05, 3.63) is 65.7 Å². The summed E-state index contributed by atoms with van der Waals surface area (Å²) in [5.74, 6) is -1.42. The summed E-state index contributed by atoms with van der Waals surface area (Å²) >= 11 is 0. The molecule has 2 aromatic rings. The van der Waals surface area contributed by atoms with Crippen molar-refractivity contribution in [3.8, 4) is 5.75 Å². The standard InChI is InChI=1S/C18H17NO4/c1-12-6-8-14(9-7-12)19-18(22)17(21)11-16(20)13-4-3-5-15(10-13)23-2/h3-11,20H,1-2H3,(H,19,22). The number of nitrogens with one attached hydrogen (secondary N) is 1. The van der Waals surface area contributed by atoms with Crippen LogP contribution < -0.4 is 10.1 Å². The maximum Gasteiger partial charge on any atom is 0.296 e. The van der Waals surface area contributed by atoms with Crippen molar-refractivity contribution in [1.29, 1.82) is 0 Å². The molecule has 0 aliphatic heterocycles. The molecule has 0 unspecified atom stereocenters. The molecule has 2 N–H and O–H groups in total. The van der Waals surface area contributed by atoms with Gasteiger partial charge in [0.2, 0.25) is 5.78 Å². The second kappa shape index (κ2) is 7.26. The fraction of sp³-hybridized carbons (Fsp3) is 0.111. The molecule has 5 nitrogen and oxygen atoms in total. The van der Waals surface area contributed by atoms with Crippen LogP contribution in [-0.4, -0.2) is 23.9 Å². The van der Waals surface area contributed by atoms with Crippen LogP contribution in [0.5, 0.6) is 5.75 Å². The van der Waals surface area contributed by atoms with Crippen LogP contribution in [0.15, 0.2) is 54.6 Å². The normalized spacial score (nSPS) is 11.0. The van der Waals surface area contributed by atoms with Crippen molar-refractivity contribution in [2.24, 2.45) is 0 Å². The number of hydrogen-bond acceptors (Lipinski definition) is 4. The Labute approximate surface area is 134 Å². The number of ketones is 1. The molecule has 0 fully saturated rings. The third kappa shape index (κ3) is 4.44. The lowest BCUT2D eigenvalue weighted by molar-refractivity contribution is -0.131. The molecule has 0 aliphatic carbocycles. The van der Waals surface area contributed by atoms with Crippen LogP contribution in [0.2, 0.25) is 0 Å². The average Bonchev–Trinajstić information content (AvgIpc) is 2.56. The number of benzene rings is 2. The molecule has 118 valence electrons. The van der Waals surface area contributed by atoms with Gasteiger partial charge in [0.25, 0.3) is 5.91 Å². The van der Waals surface area contributed by atoms with E-state index in [4.69, 9.17) is 4.74 Å². The van der Waals surface area contributed by atoms with Gasteiger partial charge < -0.3 is 15.2 Å². The maximum atomic E-state index is 11.9. The van der Waals surface area contributed by atoms with E-state index in [0.717, 1.165) is 11.6 Å². The van der Waals surface area contributed by atoms with Crippen LogP contribution in [0, 0.1) is 6.92 Å². The quantitative estimate of drug-likeness (QED) is 0.505. The zero-order valence-corrected chi connectivity index (χ0v) is 12.9. The topological polar surface area (TPSA) is 75.6 Å². The molecule has 0 radical (unpaired) electrons. The van der Waals surface area contributed by atoms with Gasteiger partial charge in [0, 0.05) is 17.3 Å². The molecule has 23 heavy (non-hydrogen) atoms. The van der Waals surface area contributed by atoms with Gasteiger partial charge in [0.1, 0.15) is 11.5 Å². The lowest BCUT2D eigenvalue weighted by Gasteiger charge is -2.05. The summed E-state index contributed by atoms with van der Waals surface area (Å²) in [5.41, 5.74) is 1.95. The first-order chi connectivity index (χ1) is 11.0. The van der Waals surface area contributed by atoms with Gasteiger partial charge in [-0.1, -0.05) is 29.8 Å². The minimum absolute atomic E-state index is 0.298. The molecule has 2 rings (SSSR count). The van der Waals surface area contributed by atoms with Crippen molar-refractivity contribution >= 4 is 23.1 Å². The maximum absolute atomic E-state index is 11.9. The molecular weight excluding hydrogens is 294 g/mol. The van der Waals surface area contributed by atoms with Gasteiger partial charge in [0.15, 0.2) is 0 Å². The number of aliphatic hydroxyl groups is 1. The Morgan fingerprint density at radius 3 is 2.48 bits per heavy atom. The summed E-state index contributed by atoms with van der Waals surface area (Å²) in [4.78, 5) is 23.7. The van der Waals surface area contributed by atoms with Crippen LogP contribution in [0.3, 0.4) is 0 Å². The Kier molecular flexibility index (Phi) is 5.15. The molecule has 0 bridgehead atoms. The number of methoxy groups -OCH3 is 1. The van der Waals surface area contributed by atoms with E-state index in [-0.39, 0.29) is 5.76 Å². The number of anilines is 1. The van der Waals surface area contributed by atoms with Crippen molar-refractivity contribution in [2.75, 3.05) is 12.4 Å². The number of aryl methyl sites for hydroxylation is 1. The first-order valence-electron chi connectivity index (χ1n) is 6.96. The Balaban J connectivity index is 2.09. The smallest absolute Gasteiger partial charge is 0.296 e. The average molecular weight is 311 g/mol. The van der Waals surface area contributed by atoms with Crippen molar-refractivity contribution in [1.82, 2.24) is 0 Å². The Hall–Kier alpha value is -3.08. The van der Waals surface area contributed by atoms with Gasteiger partial charge in [-0.3, -0.25) is 9.59 Å². The number of carbonyl (C=O) groups excluding carboxylic acids is 2. The monoisotopic (exact) mass is 311 g/mol. The molecule has 0 saturated heterocycles. The summed E-state index contributed by atoms with van der Waals surface area (Å²) in [7, 11) is 1.50. The van der Waals surface area contributed by atoms with Crippen molar-refractivity contribution in [3.63, 3.8) is 0 Å². The Bertz CT molecular complexity index is 748. The molecular formula is C18H17NO4. The van der Waals surface area contributed by atoms with E-state index in [1.807, 2.05) is 19.1 Å². The Morgan fingerprint density at radius 2 is 1.83 bits per heavy atom. The zero-order valence-electron chi connectivity index (χ0n) is 12.9. The highest BCUT2D eigenvalue weighted by Gasteiger charge is 2.13. The summed E-state index contributed by atoms with van der Waals surface area (Å²) in [5, 5.41) is 12.4. The van der Waals surface area contributed by atoms with Crippen LogP contribution >= 0.6 is 0 Å². The third-order valence-electron chi connectivity index (χ3n) is 3.17. The van der Waals surface area contributed by atoms with Gasteiger partial charge in [-0.05, 0) is 31.2 Å². The Morgan fingerprint density at radius 1 is 1.13 bits per heavy atom. The summed E-state index contributed by atoms with van der Waals surface area (Å²) in [6.45, 7) is 1.92. The third-order valence-corrected chi connectivity index (χ3v) is 3.17. The molecule has 0 atom stereocenters. The molecule has 2 aromatic carbocycles. The molecule has 0 heterocycles. The summed E-state index contributed by atoms with van der Waals surface area (Å²) in [6, 6.07) is 13.6. The molecule has 5 heteroatoms. The minimum Gasteiger partial charge on any atom is -0.507 e. The zero-order chi connectivity index (χ0) is 16.8. The number of aliphatic hydroxyl groups excluding tert-OH is 1. The number of hydrogen-bond donors (Lipinski definition) is 2. The summed E-state index contributed by atoms with van der Waals surface area (Å²) in [6.07, 6.45) is 0.887. The largest absolute Gasteiger partial charge is 0.507 e. The fourth-order valence-electron chi connectivity index (χ4n) is 1.89. The first kappa shape index (κ1) is 16.3. The van der Waals surface area contributed by atoms with E-state index >= 15 is 0 Å². The predicted octanol–water partition coefficient (Wildman–Crippen LogP) is 3.11. The summed E-state index contributed by atoms with van der Waals surface area (Å²) < 4.78 is 5.04. The molecule has 0 aromatic heterocycles. The molecule has 0 saturated carbocycles. The van der Waals surface area contributed by atoms with Gasteiger partial charge >= 0.3 is 0 Å². The van der Waals surface area contributed by atoms with E-state index in [1.54, 1.807) is 36.4 Å². The van der Waals surface area contributed by atoms with Gasteiger partial charge in [-0.25, -0.2) is 0 Å². The fourth-order valence-corrected chi connectivity index (χ4v) is 1.89. The van der Waals surface area contributed by atoms with Crippen LogP contribution in [0.1, 0.15) is 11.1 Å². The van der Waals surface area contributed by atoms with Crippen LogP contribution in [0.25, 0.3) is 5.76 Å². The highest BCUT2D eigenvalue weighted by Crippen LogP contribution is 2.18. The number of rotatable bonds is 5. The second-order valence-electron chi connectivity index (χ2n) is 4.95. The minimum atomic E-state index is -0.842. The highest BCUT2D eigenvalue weighted by molar-refractivity contribution is 6.45. The second-order valence-corrected chi connectivity index (χ2v) is 4.95. The van der Waals surface area contributed by atoms with Crippen LogP contribution in [-0.2, 0) is 9.59 Å². The van der Waals surface area contributed by atoms with E-state index in [1.165, 1.54) is 7.11 Å². The highest BCUT2D eigenvalue weighted by atomic mass is 16.5.